The Morgan fingerprint density at radius 2 is 1.68 bits per heavy atom. The van der Waals surface area contributed by atoms with Gasteiger partial charge >= 0.3 is 0 Å². The predicted octanol–water partition coefficient (Wildman–Crippen LogP) is 4.98. The molecular formula is C18H20BrNO2. The van der Waals surface area contributed by atoms with E-state index in [1.807, 2.05) is 48.5 Å². The first-order valence-corrected chi connectivity index (χ1v) is 8.08. The topological polar surface area (TPSA) is 38.3 Å². The van der Waals surface area contributed by atoms with Crippen LogP contribution in [0.3, 0.4) is 0 Å². The summed E-state index contributed by atoms with van der Waals surface area (Å²) in [5, 5.41) is 2.85. The highest BCUT2D eigenvalue weighted by atomic mass is 79.9. The van der Waals surface area contributed by atoms with Gasteiger partial charge in [-0.05, 0) is 48.7 Å². The summed E-state index contributed by atoms with van der Waals surface area (Å²) < 4.78 is 6.82. The first kappa shape index (κ1) is 16.6. The lowest BCUT2D eigenvalue weighted by Gasteiger charge is -2.18. The number of nitrogens with one attached hydrogen (secondary N) is 1. The molecule has 1 amide bonds. The molecule has 2 aromatic rings. The zero-order valence-electron chi connectivity index (χ0n) is 13.0. The molecule has 2 rings (SSSR count). The molecule has 0 aliphatic carbocycles. The van der Waals surface area contributed by atoms with E-state index < -0.39 is 6.10 Å². The van der Waals surface area contributed by atoms with Crippen molar-refractivity contribution in [2.45, 2.75) is 32.8 Å². The Balaban J connectivity index is 2.04. The molecule has 2 aromatic carbocycles. The number of benzene rings is 2. The number of hydrogen-bond acceptors (Lipinski definition) is 2. The minimum Gasteiger partial charge on any atom is -0.481 e. The number of para-hydroxylation sites is 1. The van der Waals surface area contributed by atoms with Crippen molar-refractivity contribution in [1.29, 1.82) is 0 Å². The number of anilines is 1. The summed E-state index contributed by atoms with van der Waals surface area (Å²) in [4.78, 5) is 12.2. The third-order valence-corrected chi connectivity index (χ3v) is 3.85. The number of carbonyl (C=O) groups is 1. The molecule has 0 fully saturated rings. The molecule has 0 saturated carbocycles. The molecule has 0 aliphatic heterocycles. The fraction of sp³-hybridized carbons (Fsp3) is 0.278. The van der Waals surface area contributed by atoms with Crippen molar-refractivity contribution >= 4 is 27.5 Å². The van der Waals surface area contributed by atoms with Crippen LogP contribution < -0.4 is 10.1 Å². The standard InChI is InChI=1S/C18H20BrNO2/c1-12(2)16-6-4-5-7-17(16)22-13(3)18(21)20-15-10-8-14(19)9-11-15/h4-13H,1-3H3,(H,20,21)/t13-/m0/s1. The van der Waals surface area contributed by atoms with Gasteiger partial charge in [0.15, 0.2) is 6.10 Å². The minimum absolute atomic E-state index is 0.166. The lowest BCUT2D eigenvalue weighted by molar-refractivity contribution is -0.122. The second kappa shape index (κ2) is 7.45. The van der Waals surface area contributed by atoms with Crippen LogP contribution in [0.15, 0.2) is 53.0 Å². The molecule has 0 aliphatic rings. The molecule has 0 unspecified atom stereocenters. The summed E-state index contributed by atoms with van der Waals surface area (Å²) in [5.41, 5.74) is 1.85. The number of hydrogen-bond donors (Lipinski definition) is 1. The van der Waals surface area contributed by atoms with E-state index in [4.69, 9.17) is 4.74 Å². The molecule has 1 atom stereocenters. The third-order valence-electron chi connectivity index (χ3n) is 3.33. The van der Waals surface area contributed by atoms with Gasteiger partial charge in [0.05, 0.1) is 0 Å². The highest BCUT2D eigenvalue weighted by molar-refractivity contribution is 9.10. The van der Waals surface area contributed by atoms with Crippen molar-refractivity contribution in [2.24, 2.45) is 0 Å². The first-order chi connectivity index (χ1) is 10.5. The smallest absolute Gasteiger partial charge is 0.265 e. The minimum atomic E-state index is -0.566. The fourth-order valence-electron chi connectivity index (χ4n) is 2.09. The van der Waals surface area contributed by atoms with Crippen LogP contribution >= 0.6 is 15.9 Å². The van der Waals surface area contributed by atoms with Crippen molar-refractivity contribution in [2.75, 3.05) is 5.32 Å². The summed E-state index contributed by atoms with van der Waals surface area (Å²) >= 11 is 3.37. The SMILES string of the molecule is CC(C)c1ccccc1O[C@@H](C)C(=O)Nc1ccc(Br)cc1. The van der Waals surface area contributed by atoms with Crippen LogP contribution in [0.1, 0.15) is 32.3 Å². The van der Waals surface area contributed by atoms with Gasteiger partial charge < -0.3 is 10.1 Å². The molecule has 4 heteroatoms. The number of ether oxygens (including phenoxy) is 1. The Kier molecular flexibility index (Phi) is 5.61. The van der Waals surface area contributed by atoms with Gasteiger partial charge in [0.25, 0.3) is 5.91 Å². The van der Waals surface area contributed by atoms with Crippen LogP contribution in [-0.4, -0.2) is 12.0 Å². The van der Waals surface area contributed by atoms with E-state index in [9.17, 15) is 4.79 Å². The second-order valence-electron chi connectivity index (χ2n) is 5.45. The molecule has 0 bridgehead atoms. The van der Waals surface area contributed by atoms with E-state index >= 15 is 0 Å². The predicted molar refractivity (Wildman–Crippen MR) is 93.4 cm³/mol. The average Bonchev–Trinajstić information content (AvgIpc) is 2.49. The number of rotatable bonds is 5. The van der Waals surface area contributed by atoms with E-state index in [2.05, 4.69) is 35.1 Å². The summed E-state index contributed by atoms with van der Waals surface area (Å²) in [7, 11) is 0. The van der Waals surface area contributed by atoms with Gasteiger partial charge in [0.2, 0.25) is 0 Å². The van der Waals surface area contributed by atoms with Gasteiger partial charge in [-0.15, -0.1) is 0 Å². The maximum atomic E-state index is 12.2. The molecule has 0 saturated heterocycles. The van der Waals surface area contributed by atoms with Crippen LogP contribution in [0.5, 0.6) is 5.75 Å². The Morgan fingerprint density at radius 1 is 1.05 bits per heavy atom. The average molecular weight is 362 g/mol. The van der Waals surface area contributed by atoms with E-state index in [1.54, 1.807) is 6.92 Å². The van der Waals surface area contributed by atoms with Gasteiger partial charge in [0.1, 0.15) is 5.75 Å². The summed E-state index contributed by atoms with van der Waals surface area (Å²) in [6, 6.07) is 15.3. The monoisotopic (exact) mass is 361 g/mol. The van der Waals surface area contributed by atoms with Gasteiger partial charge in [0, 0.05) is 10.2 Å². The maximum Gasteiger partial charge on any atom is 0.265 e. The fourth-order valence-corrected chi connectivity index (χ4v) is 2.35. The van der Waals surface area contributed by atoms with E-state index in [1.165, 1.54) is 0 Å². The molecular weight excluding hydrogens is 342 g/mol. The molecule has 0 radical (unpaired) electrons. The Morgan fingerprint density at radius 3 is 2.32 bits per heavy atom. The maximum absolute atomic E-state index is 12.2. The van der Waals surface area contributed by atoms with Crippen LogP contribution in [0.25, 0.3) is 0 Å². The van der Waals surface area contributed by atoms with Crippen molar-refractivity contribution < 1.29 is 9.53 Å². The lowest BCUT2D eigenvalue weighted by atomic mass is 10.0. The number of halogens is 1. The lowest BCUT2D eigenvalue weighted by Crippen LogP contribution is -2.30. The van der Waals surface area contributed by atoms with Crippen molar-refractivity contribution in [3.63, 3.8) is 0 Å². The molecule has 22 heavy (non-hydrogen) atoms. The van der Waals surface area contributed by atoms with Crippen molar-refractivity contribution in [3.8, 4) is 5.75 Å². The van der Waals surface area contributed by atoms with Gasteiger partial charge in [-0.2, -0.15) is 0 Å². The van der Waals surface area contributed by atoms with Crippen LogP contribution in [0.4, 0.5) is 5.69 Å². The molecule has 1 N–H and O–H groups in total. The zero-order chi connectivity index (χ0) is 16.1. The Bertz CT molecular complexity index is 638. The zero-order valence-corrected chi connectivity index (χ0v) is 14.6. The van der Waals surface area contributed by atoms with Crippen LogP contribution in [-0.2, 0) is 4.79 Å². The highest BCUT2D eigenvalue weighted by Crippen LogP contribution is 2.27. The Labute approximate surface area is 139 Å². The third kappa shape index (κ3) is 4.34. The summed E-state index contributed by atoms with van der Waals surface area (Å²) in [6.45, 7) is 5.97. The highest BCUT2D eigenvalue weighted by Gasteiger charge is 2.17. The molecule has 0 aromatic heterocycles. The van der Waals surface area contributed by atoms with Gasteiger partial charge in [-0.25, -0.2) is 0 Å². The van der Waals surface area contributed by atoms with Crippen molar-refractivity contribution in [3.05, 3.63) is 58.6 Å². The van der Waals surface area contributed by atoms with Crippen LogP contribution in [0, 0.1) is 0 Å². The Hall–Kier alpha value is -1.81. The van der Waals surface area contributed by atoms with Gasteiger partial charge in [-0.3, -0.25) is 4.79 Å². The number of carbonyl (C=O) groups excluding carboxylic acids is 1. The second-order valence-corrected chi connectivity index (χ2v) is 6.36. The quantitative estimate of drug-likeness (QED) is 0.815. The normalized spacial score (nSPS) is 12.0. The summed E-state index contributed by atoms with van der Waals surface area (Å²) in [5.74, 6) is 0.940. The summed E-state index contributed by atoms with van der Waals surface area (Å²) in [6.07, 6.45) is -0.566. The van der Waals surface area contributed by atoms with Crippen LogP contribution in [0.2, 0.25) is 0 Å². The molecule has 0 heterocycles. The van der Waals surface area contributed by atoms with E-state index in [0.29, 0.717) is 5.92 Å². The number of amides is 1. The van der Waals surface area contributed by atoms with E-state index in [0.717, 1.165) is 21.5 Å². The molecule has 116 valence electrons. The first-order valence-electron chi connectivity index (χ1n) is 7.29. The largest absolute Gasteiger partial charge is 0.481 e. The van der Waals surface area contributed by atoms with Gasteiger partial charge in [-0.1, -0.05) is 48.0 Å². The molecule has 0 spiro atoms. The van der Waals surface area contributed by atoms with E-state index in [-0.39, 0.29) is 5.91 Å². The van der Waals surface area contributed by atoms with Crippen molar-refractivity contribution in [1.82, 2.24) is 0 Å². The molecule has 3 nitrogen and oxygen atoms in total.